The SMILES string of the molecule is COC(=O)c1ccc(COC(=O)CSc2[nH]c(=O)cc(C)c2C#N)cc1. The number of hydrogen-bond acceptors (Lipinski definition) is 7. The maximum atomic E-state index is 11.9. The maximum absolute atomic E-state index is 11.9. The number of ether oxygens (including phenoxy) is 2. The smallest absolute Gasteiger partial charge is 0.337 e. The summed E-state index contributed by atoms with van der Waals surface area (Å²) in [5, 5.41) is 9.50. The Morgan fingerprint density at radius 3 is 2.58 bits per heavy atom. The monoisotopic (exact) mass is 372 g/mol. The Labute approximate surface area is 153 Å². The van der Waals surface area contributed by atoms with E-state index in [1.165, 1.54) is 13.2 Å². The molecule has 0 radical (unpaired) electrons. The highest BCUT2D eigenvalue weighted by Crippen LogP contribution is 2.21. The van der Waals surface area contributed by atoms with Crippen LogP contribution in [0.15, 0.2) is 40.2 Å². The summed E-state index contributed by atoms with van der Waals surface area (Å²) in [6.45, 7) is 1.71. The molecule has 0 spiro atoms. The van der Waals surface area contributed by atoms with Gasteiger partial charge in [-0.25, -0.2) is 4.79 Å². The Balaban J connectivity index is 1.91. The van der Waals surface area contributed by atoms with Crippen LogP contribution in [0.1, 0.15) is 27.0 Å². The largest absolute Gasteiger partial charge is 0.465 e. The lowest BCUT2D eigenvalue weighted by molar-refractivity contribution is -0.141. The molecule has 0 aliphatic rings. The number of aromatic amines is 1. The molecule has 1 heterocycles. The van der Waals surface area contributed by atoms with Crippen LogP contribution < -0.4 is 5.56 Å². The van der Waals surface area contributed by atoms with Crippen LogP contribution >= 0.6 is 11.8 Å². The fourth-order valence-electron chi connectivity index (χ4n) is 2.10. The van der Waals surface area contributed by atoms with Crippen molar-refractivity contribution < 1.29 is 19.1 Å². The van der Waals surface area contributed by atoms with Crippen molar-refractivity contribution in [3.8, 4) is 6.07 Å². The molecule has 2 aromatic rings. The summed E-state index contributed by atoms with van der Waals surface area (Å²) in [4.78, 5) is 37.3. The second-order valence-electron chi connectivity index (χ2n) is 5.27. The number of carbonyl (C=O) groups excluding carboxylic acids is 2. The summed E-state index contributed by atoms with van der Waals surface area (Å²) in [7, 11) is 1.30. The molecule has 0 saturated carbocycles. The van der Waals surface area contributed by atoms with E-state index in [1.54, 1.807) is 31.2 Å². The molecule has 0 unspecified atom stereocenters. The van der Waals surface area contributed by atoms with Crippen molar-refractivity contribution >= 4 is 23.7 Å². The number of hydrogen-bond donors (Lipinski definition) is 1. The third kappa shape index (κ3) is 4.97. The van der Waals surface area contributed by atoms with E-state index in [1.807, 2.05) is 6.07 Å². The highest BCUT2D eigenvalue weighted by atomic mass is 32.2. The number of benzene rings is 1. The van der Waals surface area contributed by atoms with Gasteiger partial charge in [0.25, 0.3) is 0 Å². The molecule has 134 valence electrons. The molecule has 1 aromatic carbocycles. The first-order valence-corrected chi connectivity index (χ1v) is 8.53. The molecule has 1 N–H and O–H groups in total. The minimum atomic E-state index is -0.488. The average molecular weight is 372 g/mol. The zero-order chi connectivity index (χ0) is 19.1. The van der Waals surface area contributed by atoms with Crippen LogP contribution in [0.4, 0.5) is 0 Å². The van der Waals surface area contributed by atoms with Crippen LogP contribution in [0.3, 0.4) is 0 Å². The average Bonchev–Trinajstić information content (AvgIpc) is 2.64. The quantitative estimate of drug-likeness (QED) is 0.611. The number of aryl methyl sites for hydroxylation is 1. The molecule has 0 amide bonds. The van der Waals surface area contributed by atoms with Crippen LogP contribution in [0, 0.1) is 18.3 Å². The normalized spacial score (nSPS) is 10.0. The number of pyridine rings is 1. The number of nitriles is 1. The molecule has 0 aliphatic carbocycles. The summed E-state index contributed by atoms with van der Waals surface area (Å²) in [5.41, 5.74) is 1.69. The summed E-state index contributed by atoms with van der Waals surface area (Å²) >= 11 is 1.04. The fourth-order valence-corrected chi connectivity index (χ4v) is 2.97. The van der Waals surface area contributed by atoms with Crippen molar-refractivity contribution in [3.05, 3.63) is 62.9 Å². The summed E-state index contributed by atoms with van der Waals surface area (Å²) in [6, 6.07) is 9.84. The van der Waals surface area contributed by atoms with Crippen LogP contribution in [0.5, 0.6) is 0 Å². The minimum Gasteiger partial charge on any atom is -0.465 e. The lowest BCUT2D eigenvalue weighted by Gasteiger charge is -2.07. The van der Waals surface area contributed by atoms with Crippen LogP contribution in [0.2, 0.25) is 0 Å². The van der Waals surface area contributed by atoms with Gasteiger partial charge in [-0.15, -0.1) is 0 Å². The standard InChI is InChI=1S/C18H16N2O5S/c1-11-7-15(21)20-17(14(11)8-19)26-10-16(22)25-9-12-3-5-13(6-4-12)18(23)24-2/h3-7H,9-10H2,1-2H3,(H,20,21). The highest BCUT2D eigenvalue weighted by Gasteiger charge is 2.12. The summed E-state index contributed by atoms with van der Waals surface area (Å²) < 4.78 is 9.77. The van der Waals surface area contributed by atoms with Gasteiger partial charge in [0, 0.05) is 6.07 Å². The van der Waals surface area contributed by atoms with Gasteiger partial charge in [0.2, 0.25) is 5.56 Å². The van der Waals surface area contributed by atoms with Crippen molar-refractivity contribution in [1.29, 1.82) is 5.26 Å². The van der Waals surface area contributed by atoms with Gasteiger partial charge in [-0.2, -0.15) is 5.26 Å². The third-order valence-electron chi connectivity index (χ3n) is 3.43. The van der Waals surface area contributed by atoms with E-state index >= 15 is 0 Å². The van der Waals surface area contributed by atoms with Crippen molar-refractivity contribution in [3.63, 3.8) is 0 Å². The van der Waals surface area contributed by atoms with Gasteiger partial charge in [0.15, 0.2) is 0 Å². The molecule has 0 aliphatic heterocycles. The number of thioether (sulfide) groups is 1. The van der Waals surface area contributed by atoms with Gasteiger partial charge in [-0.05, 0) is 30.2 Å². The lowest BCUT2D eigenvalue weighted by Crippen LogP contribution is -2.11. The summed E-state index contributed by atoms with van der Waals surface area (Å²) in [5.74, 6) is -0.974. The first kappa shape index (κ1) is 19.3. The number of rotatable bonds is 6. The number of nitrogens with one attached hydrogen (secondary N) is 1. The molecular weight excluding hydrogens is 356 g/mol. The first-order chi connectivity index (χ1) is 12.4. The third-order valence-corrected chi connectivity index (χ3v) is 4.40. The maximum Gasteiger partial charge on any atom is 0.337 e. The van der Waals surface area contributed by atoms with Gasteiger partial charge < -0.3 is 14.5 Å². The van der Waals surface area contributed by atoms with Crippen LogP contribution in [-0.4, -0.2) is 29.8 Å². The van der Waals surface area contributed by atoms with Gasteiger partial charge in [0.05, 0.1) is 29.0 Å². The highest BCUT2D eigenvalue weighted by molar-refractivity contribution is 7.99. The van der Waals surface area contributed by atoms with E-state index in [4.69, 9.17) is 10.00 Å². The molecule has 7 nitrogen and oxygen atoms in total. The number of esters is 2. The van der Waals surface area contributed by atoms with Gasteiger partial charge in [-0.3, -0.25) is 9.59 Å². The fraction of sp³-hybridized carbons (Fsp3) is 0.222. The van der Waals surface area contributed by atoms with E-state index in [9.17, 15) is 14.4 Å². The van der Waals surface area contributed by atoms with E-state index < -0.39 is 11.9 Å². The molecule has 8 heteroatoms. The Morgan fingerprint density at radius 2 is 1.96 bits per heavy atom. The van der Waals surface area contributed by atoms with Crippen LogP contribution in [-0.2, 0) is 20.9 Å². The molecule has 1 aromatic heterocycles. The van der Waals surface area contributed by atoms with Crippen molar-refractivity contribution in [2.75, 3.05) is 12.9 Å². The number of carbonyl (C=O) groups is 2. The first-order valence-electron chi connectivity index (χ1n) is 7.54. The van der Waals surface area contributed by atoms with E-state index in [2.05, 4.69) is 9.72 Å². The number of aromatic nitrogens is 1. The number of methoxy groups -OCH3 is 1. The summed E-state index contributed by atoms with van der Waals surface area (Å²) in [6.07, 6.45) is 0. The van der Waals surface area contributed by atoms with Crippen molar-refractivity contribution in [2.24, 2.45) is 0 Å². The topological polar surface area (TPSA) is 109 Å². The van der Waals surface area contributed by atoms with Crippen molar-refractivity contribution in [1.82, 2.24) is 4.98 Å². The zero-order valence-electron chi connectivity index (χ0n) is 14.2. The Kier molecular flexibility index (Phi) is 6.58. The van der Waals surface area contributed by atoms with Gasteiger partial charge >= 0.3 is 11.9 Å². The van der Waals surface area contributed by atoms with E-state index in [0.29, 0.717) is 21.7 Å². The molecule has 0 atom stereocenters. The Hall–Kier alpha value is -3.05. The predicted octanol–water partition coefficient (Wildman–Crippen LogP) is 2.18. The van der Waals surface area contributed by atoms with Gasteiger partial charge in [-0.1, -0.05) is 23.9 Å². The van der Waals surface area contributed by atoms with Crippen LogP contribution in [0.25, 0.3) is 0 Å². The van der Waals surface area contributed by atoms with E-state index in [-0.39, 0.29) is 17.9 Å². The number of H-pyrrole nitrogens is 1. The zero-order valence-corrected chi connectivity index (χ0v) is 15.0. The second-order valence-corrected chi connectivity index (χ2v) is 6.26. The predicted molar refractivity (Wildman–Crippen MR) is 94.8 cm³/mol. The lowest BCUT2D eigenvalue weighted by atomic mass is 10.1. The molecule has 0 saturated heterocycles. The van der Waals surface area contributed by atoms with Gasteiger partial charge in [0.1, 0.15) is 12.7 Å². The second kappa shape index (κ2) is 8.87. The Morgan fingerprint density at radius 1 is 1.27 bits per heavy atom. The molecular formula is C18H16N2O5S. The molecule has 0 fully saturated rings. The molecule has 26 heavy (non-hydrogen) atoms. The molecule has 0 bridgehead atoms. The minimum absolute atomic E-state index is 0.0473. The Bertz CT molecular complexity index is 913. The van der Waals surface area contributed by atoms with E-state index in [0.717, 1.165) is 17.3 Å². The molecule has 2 rings (SSSR count). The number of nitrogens with zero attached hydrogens (tertiary/aromatic N) is 1. The van der Waals surface area contributed by atoms with Crippen molar-refractivity contribution in [2.45, 2.75) is 18.6 Å².